The Balaban J connectivity index is 1.13. The molecule has 0 radical (unpaired) electrons. The molecule has 0 spiro atoms. The first-order chi connectivity index (χ1) is 17.1. The van der Waals surface area contributed by atoms with E-state index in [9.17, 15) is 9.18 Å². The Morgan fingerprint density at radius 3 is 2.23 bits per heavy atom. The Bertz CT molecular complexity index is 1140. The van der Waals surface area contributed by atoms with Crippen LogP contribution in [0.15, 0.2) is 60.7 Å². The normalized spacial score (nSPS) is 16.9. The first-order valence-corrected chi connectivity index (χ1v) is 12.1. The molecule has 5 rings (SSSR count). The molecule has 0 atom stereocenters. The third-order valence-corrected chi connectivity index (χ3v) is 6.98. The van der Waals surface area contributed by atoms with Gasteiger partial charge in [0.1, 0.15) is 11.6 Å². The van der Waals surface area contributed by atoms with Crippen LogP contribution in [-0.2, 0) is 4.79 Å². The molecule has 2 aliphatic rings. The average Bonchev–Trinajstić information content (AvgIpc) is 2.93. The zero-order valence-electron chi connectivity index (χ0n) is 19.9. The second-order valence-electron chi connectivity index (χ2n) is 9.03. The molecule has 0 saturated carbocycles. The fourth-order valence-electron chi connectivity index (χ4n) is 4.94. The highest BCUT2D eigenvalue weighted by Gasteiger charge is 2.31. The summed E-state index contributed by atoms with van der Waals surface area (Å²) in [5.74, 6) is 1.67. The molecule has 182 valence electrons. The molecule has 2 saturated heterocycles. The van der Waals surface area contributed by atoms with Crippen LogP contribution in [0, 0.1) is 11.7 Å². The topological polar surface area (TPSA) is 61.8 Å². The van der Waals surface area contributed by atoms with Crippen molar-refractivity contribution in [3.63, 3.8) is 0 Å². The predicted molar refractivity (Wildman–Crippen MR) is 134 cm³/mol. The maximum atomic E-state index is 13.2. The van der Waals surface area contributed by atoms with Crippen LogP contribution < -0.4 is 14.5 Å². The molecule has 2 aliphatic heterocycles. The van der Waals surface area contributed by atoms with Crippen LogP contribution in [0.4, 0.5) is 15.9 Å². The molecule has 2 fully saturated rings. The molecule has 3 heterocycles. The molecular formula is C27H30FN5O2. The second-order valence-corrected chi connectivity index (χ2v) is 9.03. The summed E-state index contributed by atoms with van der Waals surface area (Å²) < 4.78 is 18.6. The number of amides is 1. The van der Waals surface area contributed by atoms with Crippen molar-refractivity contribution in [2.24, 2.45) is 5.92 Å². The number of methoxy groups -OCH3 is 1. The first kappa shape index (κ1) is 23.1. The fourth-order valence-corrected chi connectivity index (χ4v) is 4.94. The third kappa shape index (κ3) is 5.06. The Morgan fingerprint density at radius 2 is 1.57 bits per heavy atom. The molecule has 8 heteroatoms. The smallest absolute Gasteiger partial charge is 0.225 e. The van der Waals surface area contributed by atoms with E-state index in [1.54, 1.807) is 19.2 Å². The number of para-hydroxylation sites is 1. The van der Waals surface area contributed by atoms with E-state index in [0.29, 0.717) is 13.1 Å². The molecule has 0 aliphatic carbocycles. The number of ether oxygens (including phenoxy) is 1. The number of rotatable bonds is 5. The van der Waals surface area contributed by atoms with Gasteiger partial charge in [-0.2, -0.15) is 0 Å². The molecule has 0 unspecified atom stereocenters. The SMILES string of the molecule is COc1ccccc1-c1ccc(N2CCC(C(=O)N3CCN(c4ccc(F)cc4)CC3)CC2)nn1. The van der Waals surface area contributed by atoms with Crippen molar-refractivity contribution < 1.29 is 13.9 Å². The highest BCUT2D eigenvalue weighted by atomic mass is 19.1. The summed E-state index contributed by atoms with van der Waals surface area (Å²) in [5, 5.41) is 8.88. The van der Waals surface area contributed by atoms with Crippen LogP contribution in [0.3, 0.4) is 0 Å². The van der Waals surface area contributed by atoms with E-state index in [0.717, 1.165) is 67.5 Å². The number of hydrogen-bond acceptors (Lipinski definition) is 6. The maximum absolute atomic E-state index is 13.2. The van der Waals surface area contributed by atoms with Gasteiger partial charge in [0.2, 0.25) is 5.91 Å². The van der Waals surface area contributed by atoms with Crippen LogP contribution in [0.2, 0.25) is 0 Å². The molecule has 0 bridgehead atoms. The number of carbonyl (C=O) groups is 1. The molecule has 35 heavy (non-hydrogen) atoms. The van der Waals surface area contributed by atoms with Crippen molar-refractivity contribution in [3.8, 4) is 17.0 Å². The van der Waals surface area contributed by atoms with Gasteiger partial charge in [-0.1, -0.05) is 12.1 Å². The summed E-state index contributed by atoms with van der Waals surface area (Å²) in [6, 6.07) is 18.3. The predicted octanol–water partition coefficient (Wildman–Crippen LogP) is 3.86. The largest absolute Gasteiger partial charge is 0.496 e. The summed E-state index contributed by atoms with van der Waals surface area (Å²) in [6.45, 7) is 4.51. The minimum Gasteiger partial charge on any atom is -0.496 e. The van der Waals surface area contributed by atoms with Gasteiger partial charge in [0.15, 0.2) is 5.82 Å². The Kier molecular flexibility index (Phi) is 6.79. The maximum Gasteiger partial charge on any atom is 0.225 e. The lowest BCUT2D eigenvalue weighted by Crippen LogP contribution is -2.51. The quantitative estimate of drug-likeness (QED) is 0.559. The van der Waals surface area contributed by atoms with E-state index in [2.05, 4.69) is 20.0 Å². The van der Waals surface area contributed by atoms with Gasteiger partial charge < -0.3 is 19.4 Å². The summed E-state index contributed by atoms with van der Waals surface area (Å²) in [4.78, 5) is 19.5. The summed E-state index contributed by atoms with van der Waals surface area (Å²) in [6.07, 6.45) is 1.62. The molecule has 2 aromatic carbocycles. The average molecular weight is 476 g/mol. The number of hydrogen-bond donors (Lipinski definition) is 0. The van der Waals surface area contributed by atoms with Crippen molar-refractivity contribution in [1.29, 1.82) is 0 Å². The standard InChI is InChI=1S/C27H30FN5O2/c1-35-25-5-3-2-4-23(25)24-10-11-26(30-29-24)32-14-12-20(13-15-32)27(34)33-18-16-31(17-19-33)22-8-6-21(28)7-9-22/h2-11,20H,12-19H2,1H3. The lowest BCUT2D eigenvalue weighted by Gasteiger charge is -2.39. The lowest BCUT2D eigenvalue weighted by molar-refractivity contribution is -0.136. The second kappa shape index (κ2) is 10.3. The summed E-state index contributed by atoms with van der Waals surface area (Å²) >= 11 is 0. The fraction of sp³-hybridized carbons (Fsp3) is 0.370. The first-order valence-electron chi connectivity index (χ1n) is 12.1. The van der Waals surface area contributed by atoms with E-state index < -0.39 is 0 Å². The Hall–Kier alpha value is -3.68. The summed E-state index contributed by atoms with van der Waals surface area (Å²) in [7, 11) is 1.65. The van der Waals surface area contributed by atoms with Crippen LogP contribution >= 0.6 is 0 Å². The van der Waals surface area contributed by atoms with Gasteiger partial charge >= 0.3 is 0 Å². The van der Waals surface area contributed by atoms with E-state index in [4.69, 9.17) is 4.74 Å². The van der Waals surface area contributed by atoms with Crippen molar-refractivity contribution in [2.75, 3.05) is 56.2 Å². The van der Waals surface area contributed by atoms with E-state index >= 15 is 0 Å². The van der Waals surface area contributed by atoms with Crippen LogP contribution in [0.5, 0.6) is 5.75 Å². The number of anilines is 2. The number of halogens is 1. The number of benzene rings is 2. The monoisotopic (exact) mass is 475 g/mol. The van der Waals surface area contributed by atoms with Gasteiger partial charge in [0, 0.05) is 56.4 Å². The Labute approximate surface area is 205 Å². The third-order valence-electron chi connectivity index (χ3n) is 6.98. The molecule has 0 N–H and O–H groups in total. The van der Waals surface area contributed by atoms with Gasteiger partial charge in [-0.15, -0.1) is 10.2 Å². The van der Waals surface area contributed by atoms with Gasteiger partial charge in [-0.05, 0) is 61.4 Å². The minimum atomic E-state index is -0.229. The van der Waals surface area contributed by atoms with Gasteiger partial charge in [-0.25, -0.2) is 4.39 Å². The van der Waals surface area contributed by atoms with Crippen molar-refractivity contribution in [2.45, 2.75) is 12.8 Å². The number of piperazine rings is 1. The molecule has 1 amide bonds. The number of piperidine rings is 1. The van der Waals surface area contributed by atoms with Gasteiger partial charge in [-0.3, -0.25) is 4.79 Å². The van der Waals surface area contributed by atoms with Crippen LogP contribution in [0.25, 0.3) is 11.3 Å². The number of nitrogens with zero attached hydrogens (tertiary/aromatic N) is 5. The van der Waals surface area contributed by atoms with Crippen molar-refractivity contribution in [3.05, 3.63) is 66.5 Å². The van der Waals surface area contributed by atoms with Crippen molar-refractivity contribution in [1.82, 2.24) is 15.1 Å². The van der Waals surface area contributed by atoms with Crippen LogP contribution in [0.1, 0.15) is 12.8 Å². The molecule has 7 nitrogen and oxygen atoms in total. The van der Waals surface area contributed by atoms with Gasteiger partial charge in [0.05, 0.1) is 12.8 Å². The number of carbonyl (C=O) groups excluding carboxylic acids is 1. The number of aromatic nitrogens is 2. The zero-order chi connectivity index (χ0) is 24.2. The van der Waals surface area contributed by atoms with Crippen LogP contribution in [-0.4, -0.2) is 67.4 Å². The van der Waals surface area contributed by atoms with Crippen molar-refractivity contribution >= 4 is 17.4 Å². The Morgan fingerprint density at radius 1 is 0.857 bits per heavy atom. The molecular weight excluding hydrogens is 445 g/mol. The highest BCUT2D eigenvalue weighted by Crippen LogP contribution is 2.29. The minimum absolute atomic E-state index is 0.0458. The summed E-state index contributed by atoms with van der Waals surface area (Å²) in [5.41, 5.74) is 2.69. The van der Waals surface area contributed by atoms with E-state index in [-0.39, 0.29) is 17.6 Å². The van der Waals surface area contributed by atoms with E-state index in [1.807, 2.05) is 41.3 Å². The molecule has 3 aromatic rings. The lowest BCUT2D eigenvalue weighted by atomic mass is 9.95. The van der Waals surface area contributed by atoms with Gasteiger partial charge in [0.25, 0.3) is 0 Å². The zero-order valence-corrected chi connectivity index (χ0v) is 19.9. The van der Waals surface area contributed by atoms with E-state index in [1.165, 1.54) is 12.1 Å². The highest BCUT2D eigenvalue weighted by molar-refractivity contribution is 5.79. The molecule has 1 aromatic heterocycles.